The van der Waals surface area contributed by atoms with Gasteiger partial charge in [-0.15, -0.1) is 0 Å². The number of ether oxygens (including phenoxy) is 1. The maximum atomic E-state index is 12.8. The fourth-order valence-electron chi connectivity index (χ4n) is 3.52. The minimum atomic E-state index is -3.73. The average molecular weight is 456 g/mol. The second kappa shape index (κ2) is 9.60. The van der Waals surface area contributed by atoms with Crippen LogP contribution >= 0.6 is 0 Å². The van der Waals surface area contributed by atoms with Crippen molar-refractivity contribution in [2.45, 2.75) is 36.8 Å². The number of hydrogen-bond acceptors (Lipinski definition) is 6. The van der Waals surface area contributed by atoms with Crippen molar-refractivity contribution in [3.63, 3.8) is 0 Å². The van der Waals surface area contributed by atoms with E-state index >= 15 is 0 Å². The normalized spacial score (nSPS) is 17.2. The molecule has 2 aromatic carbocycles. The van der Waals surface area contributed by atoms with Gasteiger partial charge in [0.2, 0.25) is 10.0 Å². The lowest BCUT2D eigenvalue weighted by Crippen LogP contribution is -2.32. The summed E-state index contributed by atoms with van der Waals surface area (Å²) in [5.41, 5.74) is 2.04. The first kappa shape index (κ1) is 22.1. The number of aromatic nitrogens is 3. The molecule has 1 aliphatic rings. The molecule has 0 aliphatic carbocycles. The summed E-state index contributed by atoms with van der Waals surface area (Å²) >= 11 is 0. The van der Waals surface area contributed by atoms with Crippen LogP contribution in [-0.4, -0.2) is 48.3 Å². The van der Waals surface area contributed by atoms with Crippen LogP contribution < -0.4 is 10.0 Å². The molecule has 0 saturated carbocycles. The largest absolute Gasteiger partial charge is 0.377 e. The number of sulfonamides is 1. The molecule has 2 heterocycles. The Bertz CT molecular complexity index is 1160. The Hall–Kier alpha value is -3.08. The van der Waals surface area contributed by atoms with Crippen molar-refractivity contribution in [1.29, 1.82) is 0 Å². The van der Waals surface area contributed by atoms with Gasteiger partial charge in [0.1, 0.15) is 12.7 Å². The highest BCUT2D eigenvalue weighted by Crippen LogP contribution is 2.18. The maximum absolute atomic E-state index is 12.8. The molecule has 9 nitrogen and oxygen atoms in total. The Morgan fingerprint density at radius 1 is 1.25 bits per heavy atom. The summed E-state index contributed by atoms with van der Waals surface area (Å²) in [7, 11) is -3.73. The van der Waals surface area contributed by atoms with Crippen molar-refractivity contribution in [2.24, 2.45) is 0 Å². The van der Waals surface area contributed by atoms with Crippen LogP contribution in [0.3, 0.4) is 0 Å². The number of nitrogens with zero attached hydrogens (tertiary/aromatic N) is 3. The minimum Gasteiger partial charge on any atom is -0.377 e. The standard InChI is InChI=1S/C22H25N5O4S/c1-16(17-7-9-19(10-8-17)27-15-23-14-24-27)26-22(28)18-4-2-6-21(12-18)32(29,30)25-13-20-5-3-11-31-20/h2,4,6-10,12,14-16,20,25H,3,5,11,13H2,1H3,(H,26,28)/t16-,20-/m1/s1. The van der Waals surface area contributed by atoms with Crippen molar-refractivity contribution in [1.82, 2.24) is 24.8 Å². The molecule has 0 spiro atoms. The average Bonchev–Trinajstić information content (AvgIpc) is 3.52. The van der Waals surface area contributed by atoms with Gasteiger partial charge in [0.25, 0.3) is 5.91 Å². The summed E-state index contributed by atoms with van der Waals surface area (Å²) in [5.74, 6) is -0.353. The third kappa shape index (κ3) is 5.21. The number of amides is 1. The molecular weight excluding hydrogens is 430 g/mol. The lowest BCUT2D eigenvalue weighted by molar-refractivity contribution is 0.0939. The highest BCUT2D eigenvalue weighted by Gasteiger charge is 2.21. The lowest BCUT2D eigenvalue weighted by atomic mass is 10.1. The topological polar surface area (TPSA) is 115 Å². The SMILES string of the molecule is C[C@@H](NC(=O)c1cccc(S(=O)(=O)NC[C@H]2CCCO2)c1)c1ccc(-n2cncn2)cc1. The van der Waals surface area contributed by atoms with Gasteiger partial charge in [-0.05, 0) is 55.7 Å². The lowest BCUT2D eigenvalue weighted by Gasteiger charge is -2.16. The molecule has 0 radical (unpaired) electrons. The zero-order chi connectivity index (χ0) is 22.6. The van der Waals surface area contributed by atoms with E-state index in [1.54, 1.807) is 23.1 Å². The molecule has 1 aromatic heterocycles. The van der Waals surface area contributed by atoms with Crippen molar-refractivity contribution < 1.29 is 17.9 Å². The second-order valence-electron chi connectivity index (χ2n) is 7.64. The molecule has 2 atom stereocenters. The quantitative estimate of drug-likeness (QED) is 0.538. The minimum absolute atomic E-state index is 0.0491. The molecule has 0 bridgehead atoms. The molecule has 2 N–H and O–H groups in total. The van der Waals surface area contributed by atoms with E-state index in [1.807, 2.05) is 31.2 Å². The highest BCUT2D eigenvalue weighted by atomic mass is 32.2. The molecule has 1 aliphatic heterocycles. The van der Waals surface area contributed by atoms with Crippen LogP contribution in [0.1, 0.15) is 41.7 Å². The van der Waals surface area contributed by atoms with Gasteiger partial charge < -0.3 is 10.1 Å². The van der Waals surface area contributed by atoms with E-state index in [9.17, 15) is 13.2 Å². The molecule has 3 aromatic rings. The summed E-state index contributed by atoms with van der Waals surface area (Å²) in [6.45, 7) is 2.75. The summed E-state index contributed by atoms with van der Waals surface area (Å²) < 4.78 is 34.9. The first-order valence-electron chi connectivity index (χ1n) is 10.4. The Morgan fingerprint density at radius 2 is 2.06 bits per heavy atom. The predicted octanol–water partition coefficient (Wildman–Crippen LogP) is 2.22. The summed E-state index contributed by atoms with van der Waals surface area (Å²) in [5, 5.41) is 7.00. The zero-order valence-electron chi connectivity index (χ0n) is 17.6. The number of carbonyl (C=O) groups excluding carboxylic acids is 1. The fraction of sp³-hybridized carbons (Fsp3) is 0.318. The van der Waals surface area contributed by atoms with E-state index < -0.39 is 10.0 Å². The Labute approximate surface area is 186 Å². The second-order valence-corrected chi connectivity index (χ2v) is 9.41. The third-order valence-corrected chi connectivity index (χ3v) is 6.78. The maximum Gasteiger partial charge on any atom is 0.251 e. The predicted molar refractivity (Wildman–Crippen MR) is 118 cm³/mol. The smallest absolute Gasteiger partial charge is 0.251 e. The number of nitrogens with one attached hydrogen (secondary N) is 2. The van der Waals surface area contributed by atoms with Crippen molar-refractivity contribution in [2.75, 3.05) is 13.2 Å². The van der Waals surface area contributed by atoms with Crippen LogP contribution in [0.5, 0.6) is 0 Å². The zero-order valence-corrected chi connectivity index (χ0v) is 18.5. The number of hydrogen-bond donors (Lipinski definition) is 2. The van der Waals surface area contributed by atoms with Gasteiger partial charge in [0, 0.05) is 18.7 Å². The van der Waals surface area contributed by atoms with Crippen LogP contribution in [0.25, 0.3) is 5.69 Å². The molecule has 1 amide bonds. The monoisotopic (exact) mass is 455 g/mol. The van der Waals surface area contributed by atoms with Crippen molar-refractivity contribution >= 4 is 15.9 Å². The van der Waals surface area contributed by atoms with E-state index in [0.29, 0.717) is 6.61 Å². The number of rotatable bonds is 8. The van der Waals surface area contributed by atoms with Crippen LogP contribution in [0, 0.1) is 0 Å². The first-order valence-corrected chi connectivity index (χ1v) is 11.9. The third-order valence-electron chi connectivity index (χ3n) is 5.36. The molecule has 1 fully saturated rings. The van der Waals surface area contributed by atoms with Crippen molar-refractivity contribution in [3.8, 4) is 5.69 Å². The van der Waals surface area contributed by atoms with Gasteiger partial charge >= 0.3 is 0 Å². The molecule has 10 heteroatoms. The highest BCUT2D eigenvalue weighted by molar-refractivity contribution is 7.89. The fourth-order valence-corrected chi connectivity index (χ4v) is 4.63. The van der Waals surface area contributed by atoms with Gasteiger partial charge in [0.15, 0.2) is 0 Å². The van der Waals surface area contributed by atoms with Gasteiger partial charge in [0.05, 0.1) is 22.7 Å². The Kier molecular flexibility index (Phi) is 6.63. The summed E-state index contributed by atoms with van der Waals surface area (Å²) in [6.07, 6.45) is 4.74. The van der Waals surface area contributed by atoms with E-state index in [0.717, 1.165) is 24.1 Å². The molecule has 0 unspecified atom stereocenters. The van der Waals surface area contributed by atoms with E-state index in [-0.39, 0.29) is 35.1 Å². The van der Waals surface area contributed by atoms with Gasteiger partial charge in [-0.3, -0.25) is 4.79 Å². The molecule has 4 rings (SSSR count). The van der Waals surface area contributed by atoms with E-state index in [2.05, 4.69) is 20.1 Å². The Balaban J connectivity index is 1.40. The van der Waals surface area contributed by atoms with Crippen LogP contribution in [-0.2, 0) is 14.8 Å². The molecule has 168 valence electrons. The van der Waals surface area contributed by atoms with Crippen LogP contribution in [0.15, 0.2) is 66.1 Å². The molecule has 32 heavy (non-hydrogen) atoms. The molecular formula is C22H25N5O4S. The number of carbonyl (C=O) groups is 1. The first-order chi connectivity index (χ1) is 15.4. The summed E-state index contributed by atoms with van der Waals surface area (Å²) in [4.78, 5) is 16.7. The van der Waals surface area contributed by atoms with Crippen LogP contribution in [0.2, 0.25) is 0 Å². The summed E-state index contributed by atoms with van der Waals surface area (Å²) in [6, 6.07) is 13.3. The Morgan fingerprint density at radius 3 is 2.75 bits per heavy atom. The van der Waals surface area contributed by atoms with E-state index in [4.69, 9.17) is 4.74 Å². The van der Waals surface area contributed by atoms with Crippen molar-refractivity contribution in [3.05, 3.63) is 72.3 Å². The molecule has 1 saturated heterocycles. The van der Waals surface area contributed by atoms with E-state index in [1.165, 1.54) is 18.5 Å². The van der Waals surface area contributed by atoms with Gasteiger partial charge in [-0.1, -0.05) is 18.2 Å². The van der Waals surface area contributed by atoms with Gasteiger partial charge in [-0.25, -0.2) is 22.8 Å². The van der Waals surface area contributed by atoms with Crippen LogP contribution in [0.4, 0.5) is 0 Å². The van der Waals surface area contributed by atoms with Gasteiger partial charge in [-0.2, -0.15) is 5.10 Å². The number of benzene rings is 2.